The average molecular weight is 326 g/mol. The Balaban J connectivity index is 2.30. The highest BCUT2D eigenvalue weighted by molar-refractivity contribution is 7.89. The smallest absolute Gasteiger partial charge is 0.337 e. The third-order valence-electron chi connectivity index (χ3n) is 3.99. The summed E-state index contributed by atoms with van der Waals surface area (Å²) in [4.78, 5) is 11.7. The molecule has 2 N–H and O–H groups in total. The summed E-state index contributed by atoms with van der Waals surface area (Å²) in [7, 11) is -2.40. The van der Waals surface area contributed by atoms with E-state index in [2.05, 4.69) is 14.8 Å². The van der Waals surface area contributed by atoms with Gasteiger partial charge in [0.15, 0.2) is 0 Å². The highest BCUT2D eigenvalue weighted by Gasteiger charge is 2.28. The lowest BCUT2D eigenvalue weighted by atomic mass is 9.97. The lowest BCUT2D eigenvalue weighted by Crippen LogP contribution is -2.48. The van der Waals surface area contributed by atoms with Gasteiger partial charge in [-0.3, -0.25) is 0 Å². The molecule has 0 spiro atoms. The van der Waals surface area contributed by atoms with E-state index >= 15 is 0 Å². The summed E-state index contributed by atoms with van der Waals surface area (Å²) in [5, 5.41) is 3.24. The van der Waals surface area contributed by atoms with Gasteiger partial charge in [0.05, 0.1) is 17.6 Å². The van der Waals surface area contributed by atoms with E-state index in [0.29, 0.717) is 5.56 Å². The van der Waals surface area contributed by atoms with Crippen molar-refractivity contribution >= 4 is 16.0 Å². The van der Waals surface area contributed by atoms with E-state index in [1.807, 2.05) is 6.92 Å². The van der Waals surface area contributed by atoms with Crippen LogP contribution in [0.25, 0.3) is 0 Å². The number of hydrogen-bond donors (Lipinski definition) is 2. The molecule has 0 aliphatic carbocycles. The standard InChI is InChI=1S/C15H22N2O4S/c1-10-4-5-12(15(18)21-3)8-14(10)22(19,20)17-13-6-7-16-9-11(13)2/h4-5,8,11,13,16-17H,6-7,9H2,1-3H3. The zero-order chi connectivity index (χ0) is 16.3. The fourth-order valence-corrected chi connectivity index (χ4v) is 4.24. The van der Waals surface area contributed by atoms with Gasteiger partial charge < -0.3 is 10.1 Å². The van der Waals surface area contributed by atoms with Crippen LogP contribution >= 0.6 is 0 Å². The molecule has 0 saturated carbocycles. The number of carbonyl (C=O) groups is 1. The van der Waals surface area contributed by atoms with Crippen molar-refractivity contribution in [1.82, 2.24) is 10.0 Å². The SMILES string of the molecule is COC(=O)c1ccc(C)c(S(=O)(=O)NC2CCNCC2C)c1. The van der Waals surface area contributed by atoms with E-state index in [1.54, 1.807) is 19.1 Å². The second-order valence-electron chi connectivity index (χ2n) is 5.67. The van der Waals surface area contributed by atoms with Crippen LogP contribution in [0.2, 0.25) is 0 Å². The number of piperidine rings is 1. The van der Waals surface area contributed by atoms with Crippen LogP contribution in [-0.4, -0.2) is 40.6 Å². The number of methoxy groups -OCH3 is 1. The minimum Gasteiger partial charge on any atom is -0.465 e. The van der Waals surface area contributed by atoms with Gasteiger partial charge in [0.2, 0.25) is 10.0 Å². The van der Waals surface area contributed by atoms with Crippen molar-refractivity contribution in [2.45, 2.75) is 31.2 Å². The van der Waals surface area contributed by atoms with Crippen LogP contribution in [0.1, 0.15) is 29.3 Å². The minimum atomic E-state index is -3.67. The molecule has 1 saturated heterocycles. The highest BCUT2D eigenvalue weighted by Crippen LogP contribution is 2.20. The third-order valence-corrected chi connectivity index (χ3v) is 5.62. The Morgan fingerprint density at radius 3 is 2.77 bits per heavy atom. The molecule has 22 heavy (non-hydrogen) atoms. The highest BCUT2D eigenvalue weighted by atomic mass is 32.2. The Hall–Kier alpha value is -1.44. The van der Waals surface area contributed by atoms with Gasteiger partial charge in [-0.05, 0) is 50.0 Å². The second-order valence-corrected chi connectivity index (χ2v) is 7.35. The average Bonchev–Trinajstić information content (AvgIpc) is 2.49. The molecule has 0 aromatic heterocycles. The van der Waals surface area contributed by atoms with E-state index in [9.17, 15) is 13.2 Å². The van der Waals surface area contributed by atoms with Crippen molar-refractivity contribution in [2.75, 3.05) is 20.2 Å². The molecule has 7 heteroatoms. The molecule has 0 radical (unpaired) electrons. The number of rotatable bonds is 4. The van der Waals surface area contributed by atoms with E-state index in [0.717, 1.165) is 19.5 Å². The summed E-state index contributed by atoms with van der Waals surface area (Å²) < 4.78 is 32.7. The lowest BCUT2D eigenvalue weighted by Gasteiger charge is -2.30. The van der Waals surface area contributed by atoms with Crippen LogP contribution in [0.5, 0.6) is 0 Å². The maximum Gasteiger partial charge on any atom is 0.337 e. The minimum absolute atomic E-state index is 0.104. The summed E-state index contributed by atoms with van der Waals surface area (Å²) in [6.07, 6.45) is 0.746. The fraction of sp³-hybridized carbons (Fsp3) is 0.533. The van der Waals surface area contributed by atoms with Gasteiger partial charge in [-0.25, -0.2) is 17.9 Å². The molecule has 1 aromatic carbocycles. The first-order valence-corrected chi connectivity index (χ1v) is 8.75. The number of aryl methyl sites for hydroxylation is 1. The molecule has 0 amide bonds. The number of esters is 1. The Morgan fingerprint density at radius 1 is 1.41 bits per heavy atom. The molecular formula is C15H22N2O4S. The first kappa shape index (κ1) is 16.9. The van der Waals surface area contributed by atoms with Crippen LogP contribution < -0.4 is 10.0 Å². The first-order valence-electron chi connectivity index (χ1n) is 7.27. The molecule has 1 aliphatic rings. The topological polar surface area (TPSA) is 84.5 Å². The normalized spacial score (nSPS) is 22.3. The molecule has 122 valence electrons. The molecule has 1 aromatic rings. The summed E-state index contributed by atoms with van der Waals surface area (Å²) >= 11 is 0. The molecule has 2 unspecified atom stereocenters. The third kappa shape index (κ3) is 3.66. The van der Waals surface area contributed by atoms with Crippen LogP contribution in [0.4, 0.5) is 0 Å². The Morgan fingerprint density at radius 2 is 2.14 bits per heavy atom. The van der Waals surface area contributed by atoms with Gasteiger partial charge in [0.1, 0.15) is 0 Å². The molecule has 1 fully saturated rings. The van der Waals surface area contributed by atoms with Gasteiger partial charge >= 0.3 is 5.97 Å². The number of carbonyl (C=O) groups excluding carboxylic acids is 1. The Bertz CT molecular complexity index is 658. The van der Waals surface area contributed by atoms with E-state index < -0.39 is 16.0 Å². The van der Waals surface area contributed by atoms with Crippen LogP contribution in [-0.2, 0) is 14.8 Å². The van der Waals surface area contributed by atoms with Gasteiger partial charge in [-0.1, -0.05) is 13.0 Å². The van der Waals surface area contributed by atoms with Crippen molar-refractivity contribution in [3.05, 3.63) is 29.3 Å². The number of sulfonamides is 1. The molecular weight excluding hydrogens is 304 g/mol. The quantitative estimate of drug-likeness (QED) is 0.808. The van der Waals surface area contributed by atoms with E-state index in [-0.39, 0.29) is 22.4 Å². The molecule has 6 nitrogen and oxygen atoms in total. The van der Waals surface area contributed by atoms with Crippen molar-refractivity contribution in [3.8, 4) is 0 Å². The summed E-state index contributed by atoms with van der Waals surface area (Å²) in [5.74, 6) is -0.334. The molecule has 1 heterocycles. The van der Waals surface area contributed by atoms with E-state index in [1.165, 1.54) is 13.2 Å². The largest absolute Gasteiger partial charge is 0.465 e. The summed E-state index contributed by atoms with van der Waals surface area (Å²) in [6, 6.07) is 4.45. The first-order chi connectivity index (χ1) is 10.3. The monoisotopic (exact) mass is 326 g/mol. The van der Waals surface area contributed by atoms with Crippen molar-refractivity contribution in [2.24, 2.45) is 5.92 Å². The van der Waals surface area contributed by atoms with Crippen molar-refractivity contribution in [3.63, 3.8) is 0 Å². The number of benzene rings is 1. The maximum absolute atomic E-state index is 12.6. The zero-order valence-corrected chi connectivity index (χ0v) is 13.9. The molecule has 1 aliphatic heterocycles. The molecule has 0 bridgehead atoms. The zero-order valence-electron chi connectivity index (χ0n) is 13.0. The predicted octanol–water partition coefficient (Wildman–Crippen LogP) is 1.06. The number of hydrogen-bond acceptors (Lipinski definition) is 5. The number of nitrogens with one attached hydrogen (secondary N) is 2. The molecule has 2 rings (SSSR count). The lowest BCUT2D eigenvalue weighted by molar-refractivity contribution is 0.0600. The van der Waals surface area contributed by atoms with Crippen LogP contribution in [0.15, 0.2) is 23.1 Å². The van der Waals surface area contributed by atoms with Crippen LogP contribution in [0, 0.1) is 12.8 Å². The Labute approximate surface area is 131 Å². The summed E-state index contributed by atoms with van der Waals surface area (Å²) in [5.41, 5.74) is 0.827. The van der Waals surface area contributed by atoms with Gasteiger partial charge in [-0.2, -0.15) is 0 Å². The van der Waals surface area contributed by atoms with Crippen LogP contribution in [0.3, 0.4) is 0 Å². The van der Waals surface area contributed by atoms with Gasteiger partial charge in [0.25, 0.3) is 0 Å². The maximum atomic E-state index is 12.6. The predicted molar refractivity (Wildman–Crippen MR) is 83.3 cm³/mol. The van der Waals surface area contributed by atoms with E-state index in [4.69, 9.17) is 0 Å². The fourth-order valence-electron chi connectivity index (χ4n) is 2.59. The Kier molecular flexibility index (Phi) is 5.20. The summed E-state index contributed by atoms with van der Waals surface area (Å²) in [6.45, 7) is 5.30. The van der Waals surface area contributed by atoms with Crippen molar-refractivity contribution in [1.29, 1.82) is 0 Å². The van der Waals surface area contributed by atoms with Gasteiger partial charge in [0, 0.05) is 6.04 Å². The van der Waals surface area contributed by atoms with Gasteiger partial charge in [-0.15, -0.1) is 0 Å². The number of ether oxygens (including phenoxy) is 1. The molecule has 2 atom stereocenters. The van der Waals surface area contributed by atoms with Crippen molar-refractivity contribution < 1.29 is 17.9 Å². The second kappa shape index (κ2) is 6.76.